The van der Waals surface area contributed by atoms with Gasteiger partial charge in [0.05, 0.1) is 9.90 Å². The molecule has 96 valence electrons. The lowest BCUT2D eigenvalue weighted by Gasteiger charge is -2.19. The van der Waals surface area contributed by atoms with Crippen molar-refractivity contribution in [2.75, 3.05) is 6.54 Å². The van der Waals surface area contributed by atoms with Crippen LogP contribution in [0.5, 0.6) is 0 Å². The Bertz CT molecular complexity index is 362. The molecule has 1 unspecified atom stereocenters. The van der Waals surface area contributed by atoms with E-state index in [0.717, 1.165) is 12.8 Å². The lowest BCUT2D eigenvalue weighted by atomic mass is 9.87. The van der Waals surface area contributed by atoms with E-state index in [1.54, 1.807) is 6.07 Å². The summed E-state index contributed by atoms with van der Waals surface area (Å²) in [4.78, 5) is 12.6. The molecule has 1 rings (SSSR count). The number of thiophene rings is 1. The van der Waals surface area contributed by atoms with Crippen LogP contribution < -0.4 is 5.73 Å². The SMILES string of the molecule is CC(C)C(CCN)CCC(=O)c1sccc1Cl. The van der Waals surface area contributed by atoms with E-state index < -0.39 is 0 Å². The number of ketones is 1. The lowest BCUT2D eigenvalue weighted by Crippen LogP contribution is -2.15. The highest BCUT2D eigenvalue weighted by Crippen LogP contribution is 2.26. The number of rotatable bonds is 7. The van der Waals surface area contributed by atoms with Crippen LogP contribution in [0.3, 0.4) is 0 Å². The first-order valence-corrected chi connectivity index (χ1v) is 7.28. The Morgan fingerprint density at radius 1 is 1.47 bits per heavy atom. The number of nitrogens with two attached hydrogens (primary N) is 1. The Labute approximate surface area is 112 Å². The Morgan fingerprint density at radius 2 is 2.18 bits per heavy atom. The van der Waals surface area contributed by atoms with Gasteiger partial charge in [0.1, 0.15) is 0 Å². The third kappa shape index (κ3) is 4.41. The van der Waals surface area contributed by atoms with E-state index >= 15 is 0 Å². The van der Waals surface area contributed by atoms with Crippen LogP contribution in [0.1, 0.15) is 42.8 Å². The van der Waals surface area contributed by atoms with Crippen LogP contribution in [0.4, 0.5) is 0 Å². The Kier molecular flexibility index (Phi) is 6.17. The molecule has 0 spiro atoms. The number of halogens is 1. The minimum Gasteiger partial charge on any atom is -0.330 e. The average Bonchev–Trinajstić information content (AvgIpc) is 2.69. The van der Waals surface area contributed by atoms with Gasteiger partial charge in [-0.25, -0.2) is 0 Å². The summed E-state index contributed by atoms with van der Waals surface area (Å²) < 4.78 is 0. The summed E-state index contributed by atoms with van der Waals surface area (Å²) in [5, 5.41) is 2.44. The third-order valence-electron chi connectivity index (χ3n) is 3.09. The summed E-state index contributed by atoms with van der Waals surface area (Å²) in [5.74, 6) is 1.26. The molecule has 0 amide bonds. The monoisotopic (exact) mass is 273 g/mol. The fraction of sp³-hybridized carbons (Fsp3) is 0.615. The van der Waals surface area contributed by atoms with Crippen molar-refractivity contribution in [2.24, 2.45) is 17.6 Å². The molecule has 17 heavy (non-hydrogen) atoms. The minimum atomic E-state index is 0.160. The first kappa shape index (κ1) is 14.7. The summed E-state index contributed by atoms with van der Waals surface area (Å²) in [7, 11) is 0. The average molecular weight is 274 g/mol. The van der Waals surface area contributed by atoms with E-state index in [1.165, 1.54) is 11.3 Å². The number of hydrogen-bond acceptors (Lipinski definition) is 3. The van der Waals surface area contributed by atoms with Gasteiger partial charge >= 0.3 is 0 Å². The molecule has 0 fully saturated rings. The third-order valence-corrected chi connectivity index (χ3v) is 4.48. The zero-order valence-electron chi connectivity index (χ0n) is 10.4. The lowest BCUT2D eigenvalue weighted by molar-refractivity contribution is 0.0973. The van der Waals surface area contributed by atoms with Crippen molar-refractivity contribution in [3.63, 3.8) is 0 Å². The predicted molar refractivity (Wildman–Crippen MR) is 74.9 cm³/mol. The highest BCUT2D eigenvalue weighted by atomic mass is 35.5. The largest absolute Gasteiger partial charge is 0.330 e. The second kappa shape index (κ2) is 7.14. The zero-order chi connectivity index (χ0) is 12.8. The maximum Gasteiger partial charge on any atom is 0.174 e. The summed E-state index contributed by atoms with van der Waals surface area (Å²) in [6, 6.07) is 1.78. The summed E-state index contributed by atoms with van der Waals surface area (Å²) >= 11 is 7.37. The number of hydrogen-bond donors (Lipinski definition) is 1. The van der Waals surface area contributed by atoms with Crippen molar-refractivity contribution in [2.45, 2.75) is 33.1 Å². The van der Waals surface area contributed by atoms with Crippen molar-refractivity contribution < 1.29 is 4.79 Å². The molecular weight excluding hydrogens is 254 g/mol. The smallest absolute Gasteiger partial charge is 0.174 e. The predicted octanol–water partition coefficient (Wildman–Crippen LogP) is 3.99. The molecule has 1 heterocycles. The molecule has 1 atom stereocenters. The zero-order valence-corrected chi connectivity index (χ0v) is 12.0. The van der Waals surface area contributed by atoms with Crippen molar-refractivity contribution in [1.29, 1.82) is 0 Å². The van der Waals surface area contributed by atoms with Gasteiger partial charge in [0.25, 0.3) is 0 Å². The Morgan fingerprint density at radius 3 is 2.65 bits per heavy atom. The van der Waals surface area contributed by atoms with E-state index in [4.69, 9.17) is 17.3 Å². The van der Waals surface area contributed by atoms with Gasteiger partial charge in [0.15, 0.2) is 5.78 Å². The molecule has 2 nitrogen and oxygen atoms in total. The summed E-state index contributed by atoms with van der Waals surface area (Å²) in [5.41, 5.74) is 5.59. The number of carbonyl (C=O) groups excluding carboxylic acids is 1. The molecule has 1 aromatic rings. The van der Waals surface area contributed by atoms with Gasteiger partial charge in [0.2, 0.25) is 0 Å². The fourth-order valence-corrected chi connectivity index (χ4v) is 3.08. The van der Waals surface area contributed by atoms with Crippen molar-refractivity contribution >= 4 is 28.7 Å². The molecule has 2 N–H and O–H groups in total. The van der Waals surface area contributed by atoms with Gasteiger partial charge in [0, 0.05) is 6.42 Å². The Hall–Kier alpha value is -0.380. The summed E-state index contributed by atoms with van der Waals surface area (Å²) in [6.07, 6.45) is 2.47. The molecule has 1 aromatic heterocycles. The molecule has 4 heteroatoms. The molecule has 0 radical (unpaired) electrons. The molecule has 0 aromatic carbocycles. The molecule has 0 aliphatic rings. The first-order valence-electron chi connectivity index (χ1n) is 6.02. The highest BCUT2D eigenvalue weighted by molar-refractivity contribution is 7.12. The van der Waals surface area contributed by atoms with Gasteiger partial charge in [-0.3, -0.25) is 4.79 Å². The van der Waals surface area contributed by atoms with Crippen molar-refractivity contribution in [1.82, 2.24) is 0 Å². The van der Waals surface area contributed by atoms with Crippen LogP contribution in [0.2, 0.25) is 5.02 Å². The van der Waals surface area contributed by atoms with Crippen LogP contribution in [0.15, 0.2) is 11.4 Å². The molecule has 0 aliphatic carbocycles. The van der Waals surface area contributed by atoms with Gasteiger partial charge in [-0.15, -0.1) is 11.3 Å². The van der Waals surface area contributed by atoms with Crippen LogP contribution in [0.25, 0.3) is 0 Å². The number of carbonyl (C=O) groups is 1. The minimum absolute atomic E-state index is 0.160. The second-order valence-electron chi connectivity index (χ2n) is 4.64. The molecule has 0 aliphatic heterocycles. The van der Waals surface area contributed by atoms with E-state index in [-0.39, 0.29) is 5.78 Å². The maximum absolute atomic E-state index is 12.0. The van der Waals surface area contributed by atoms with Crippen LogP contribution in [-0.2, 0) is 0 Å². The standard InChI is InChI=1S/C13H20ClNOS/c1-9(2)10(5-7-15)3-4-12(16)13-11(14)6-8-17-13/h6,8-10H,3-5,7,15H2,1-2H3. The first-order chi connectivity index (χ1) is 8.06. The van der Waals surface area contributed by atoms with E-state index in [2.05, 4.69) is 13.8 Å². The maximum atomic E-state index is 12.0. The van der Waals surface area contributed by atoms with Gasteiger partial charge in [-0.05, 0) is 42.7 Å². The van der Waals surface area contributed by atoms with E-state index in [1.807, 2.05) is 5.38 Å². The van der Waals surface area contributed by atoms with Gasteiger partial charge in [-0.2, -0.15) is 0 Å². The Balaban J connectivity index is 2.49. The molecule has 0 saturated carbocycles. The second-order valence-corrected chi connectivity index (χ2v) is 5.96. The van der Waals surface area contributed by atoms with Crippen LogP contribution >= 0.6 is 22.9 Å². The van der Waals surface area contributed by atoms with Gasteiger partial charge < -0.3 is 5.73 Å². The highest BCUT2D eigenvalue weighted by Gasteiger charge is 2.17. The number of Topliss-reactive ketones (excluding diaryl/α,β-unsaturated/α-hetero) is 1. The van der Waals surface area contributed by atoms with Gasteiger partial charge in [-0.1, -0.05) is 25.4 Å². The topological polar surface area (TPSA) is 43.1 Å². The van der Waals surface area contributed by atoms with Crippen molar-refractivity contribution in [3.05, 3.63) is 21.3 Å². The molecule has 0 bridgehead atoms. The van der Waals surface area contributed by atoms with E-state index in [9.17, 15) is 4.79 Å². The quantitative estimate of drug-likeness (QED) is 0.764. The normalized spacial score (nSPS) is 13.0. The molecule has 0 saturated heterocycles. The van der Waals surface area contributed by atoms with Crippen molar-refractivity contribution in [3.8, 4) is 0 Å². The fourth-order valence-electron chi connectivity index (χ4n) is 1.95. The summed E-state index contributed by atoms with van der Waals surface area (Å²) in [6.45, 7) is 5.06. The molecular formula is C13H20ClNOS. The van der Waals surface area contributed by atoms with E-state index in [0.29, 0.717) is 34.7 Å². The van der Waals surface area contributed by atoms with Crippen LogP contribution in [-0.4, -0.2) is 12.3 Å². The van der Waals surface area contributed by atoms with Crippen LogP contribution in [0, 0.1) is 11.8 Å².